The van der Waals surface area contributed by atoms with E-state index in [1.54, 1.807) is 0 Å². The summed E-state index contributed by atoms with van der Waals surface area (Å²) < 4.78 is 24.2. The van der Waals surface area contributed by atoms with Gasteiger partial charge in [0, 0.05) is 6.04 Å². The molecular weight excluding hydrogens is 363 g/mol. The minimum Gasteiger partial charge on any atom is -0.452 e. The van der Waals surface area contributed by atoms with E-state index in [-0.39, 0.29) is 33.6 Å². The molecule has 1 heterocycles. The molecule has 2 aromatic rings. The van der Waals surface area contributed by atoms with Crippen LogP contribution in [0.4, 0.5) is 4.39 Å². The molecule has 3 rings (SSSR count). The molecule has 1 aromatic carbocycles. The number of nitrogens with zero attached hydrogens (tertiary/aromatic N) is 1. The zero-order chi connectivity index (χ0) is 18.8. The maximum atomic E-state index is 14.1. The number of ether oxygens (including phenoxy) is 1. The predicted octanol–water partition coefficient (Wildman–Crippen LogP) is 3.51. The summed E-state index contributed by atoms with van der Waals surface area (Å²) in [6.07, 6.45) is 2.18. The van der Waals surface area contributed by atoms with Crippen molar-refractivity contribution in [2.75, 3.05) is 6.61 Å². The topological polar surface area (TPSA) is 81.4 Å². The molecule has 1 aliphatic rings. The zero-order valence-corrected chi connectivity index (χ0v) is 15.1. The Hall–Kier alpha value is -2.41. The van der Waals surface area contributed by atoms with Gasteiger partial charge in [0.25, 0.3) is 5.91 Å². The van der Waals surface area contributed by atoms with Crippen molar-refractivity contribution in [3.05, 3.63) is 40.4 Å². The minimum absolute atomic E-state index is 0.0475. The summed E-state index contributed by atoms with van der Waals surface area (Å²) in [5.74, 6) is -1.22. The standard InChI is InChI=1S/C18H18ClFN2O4/c1-9(11-6-7-11)21-14(23)8-25-18(24)15-10(2)26-22-17(15)16-12(19)4-3-5-13(16)20/h3-5,9,11H,6-8H2,1-2H3,(H,21,23)/t9-/m0/s1. The summed E-state index contributed by atoms with van der Waals surface area (Å²) in [5, 5.41) is 6.61. The smallest absolute Gasteiger partial charge is 0.344 e. The van der Waals surface area contributed by atoms with Crippen molar-refractivity contribution < 1.29 is 23.2 Å². The van der Waals surface area contributed by atoms with E-state index in [4.69, 9.17) is 20.9 Å². The fourth-order valence-electron chi connectivity index (χ4n) is 2.72. The van der Waals surface area contributed by atoms with Crippen molar-refractivity contribution in [2.24, 2.45) is 5.92 Å². The Morgan fingerprint density at radius 3 is 2.85 bits per heavy atom. The van der Waals surface area contributed by atoms with Gasteiger partial charge in [-0.25, -0.2) is 9.18 Å². The summed E-state index contributed by atoms with van der Waals surface area (Å²) >= 11 is 6.03. The van der Waals surface area contributed by atoms with Crippen molar-refractivity contribution in [3.63, 3.8) is 0 Å². The summed E-state index contributed by atoms with van der Waals surface area (Å²) in [6.45, 7) is 2.97. The predicted molar refractivity (Wildman–Crippen MR) is 92.3 cm³/mol. The van der Waals surface area contributed by atoms with Gasteiger partial charge in [-0.3, -0.25) is 4.79 Å². The van der Waals surface area contributed by atoms with Crippen molar-refractivity contribution >= 4 is 23.5 Å². The highest BCUT2D eigenvalue weighted by Crippen LogP contribution is 2.34. The molecule has 138 valence electrons. The Labute approximate surface area is 154 Å². The van der Waals surface area contributed by atoms with Crippen molar-refractivity contribution in [1.82, 2.24) is 10.5 Å². The molecule has 1 aromatic heterocycles. The first-order valence-electron chi connectivity index (χ1n) is 8.25. The lowest BCUT2D eigenvalue weighted by Crippen LogP contribution is -2.37. The molecule has 1 aliphatic carbocycles. The van der Waals surface area contributed by atoms with Crippen LogP contribution in [-0.4, -0.2) is 29.7 Å². The van der Waals surface area contributed by atoms with E-state index in [1.807, 2.05) is 6.92 Å². The van der Waals surface area contributed by atoms with Crippen LogP contribution in [0, 0.1) is 18.7 Å². The molecule has 1 N–H and O–H groups in total. The maximum absolute atomic E-state index is 14.1. The molecule has 8 heteroatoms. The van der Waals surface area contributed by atoms with Gasteiger partial charge in [0.1, 0.15) is 22.8 Å². The van der Waals surface area contributed by atoms with Crippen LogP contribution in [0.2, 0.25) is 5.02 Å². The highest BCUT2D eigenvalue weighted by atomic mass is 35.5. The molecule has 1 fully saturated rings. The summed E-state index contributed by atoms with van der Waals surface area (Å²) in [6, 6.07) is 4.17. The average Bonchev–Trinajstić information content (AvgIpc) is 3.37. The lowest BCUT2D eigenvalue weighted by atomic mass is 10.1. The number of hydrogen-bond donors (Lipinski definition) is 1. The molecule has 0 saturated heterocycles. The number of amides is 1. The van der Waals surface area contributed by atoms with E-state index in [9.17, 15) is 14.0 Å². The van der Waals surface area contributed by atoms with Gasteiger partial charge in [0.05, 0.1) is 10.6 Å². The van der Waals surface area contributed by atoms with E-state index in [0.717, 1.165) is 12.8 Å². The molecule has 0 unspecified atom stereocenters. The van der Waals surface area contributed by atoms with Gasteiger partial charge in [-0.15, -0.1) is 0 Å². The molecule has 1 atom stereocenters. The van der Waals surface area contributed by atoms with Crippen LogP contribution in [-0.2, 0) is 9.53 Å². The highest BCUT2D eigenvalue weighted by Gasteiger charge is 2.30. The minimum atomic E-state index is -0.827. The third-order valence-corrected chi connectivity index (χ3v) is 4.63. The average molecular weight is 381 g/mol. The number of aryl methyl sites for hydroxylation is 1. The van der Waals surface area contributed by atoms with Crippen LogP contribution in [0.5, 0.6) is 0 Å². The van der Waals surface area contributed by atoms with Gasteiger partial charge in [-0.1, -0.05) is 22.8 Å². The van der Waals surface area contributed by atoms with Gasteiger partial charge < -0.3 is 14.6 Å². The lowest BCUT2D eigenvalue weighted by Gasteiger charge is -2.12. The number of hydrogen-bond acceptors (Lipinski definition) is 5. The maximum Gasteiger partial charge on any atom is 0.344 e. The Kier molecular flexibility index (Phi) is 5.27. The Morgan fingerprint density at radius 2 is 2.19 bits per heavy atom. The second-order valence-corrected chi connectivity index (χ2v) is 6.74. The SMILES string of the molecule is Cc1onc(-c2c(F)cccc2Cl)c1C(=O)OCC(=O)N[C@@H](C)C1CC1. The lowest BCUT2D eigenvalue weighted by molar-refractivity contribution is -0.125. The third kappa shape index (κ3) is 3.88. The van der Waals surface area contributed by atoms with E-state index in [1.165, 1.54) is 25.1 Å². The monoisotopic (exact) mass is 380 g/mol. The van der Waals surface area contributed by atoms with Gasteiger partial charge in [-0.05, 0) is 44.7 Å². The molecule has 1 amide bonds. The van der Waals surface area contributed by atoms with Gasteiger partial charge in [-0.2, -0.15) is 0 Å². The number of carbonyl (C=O) groups is 2. The zero-order valence-electron chi connectivity index (χ0n) is 14.3. The Morgan fingerprint density at radius 1 is 1.46 bits per heavy atom. The van der Waals surface area contributed by atoms with E-state index in [0.29, 0.717) is 5.92 Å². The molecule has 0 spiro atoms. The second kappa shape index (κ2) is 7.45. The molecule has 1 saturated carbocycles. The number of benzene rings is 1. The fourth-order valence-corrected chi connectivity index (χ4v) is 2.97. The van der Waals surface area contributed by atoms with Crippen molar-refractivity contribution in [3.8, 4) is 11.3 Å². The van der Waals surface area contributed by atoms with Crippen molar-refractivity contribution in [2.45, 2.75) is 32.7 Å². The number of nitrogens with one attached hydrogen (secondary N) is 1. The summed E-state index contributed by atoms with van der Waals surface area (Å²) in [4.78, 5) is 24.3. The van der Waals surface area contributed by atoms with E-state index < -0.39 is 24.3 Å². The largest absolute Gasteiger partial charge is 0.452 e. The Bertz CT molecular complexity index is 827. The molecule has 26 heavy (non-hydrogen) atoms. The number of rotatable bonds is 6. The first-order chi connectivity index (χ1) is 12.4. The molecule has 0 bridgehead atoms. The van der Waals surface area contributed by atoms with Crippen LogP contribution >= 0.6 is 11.6 Å². The molecule has 6 nitrogen and oxygen atoms in total. The van der Waals surface area contributed by atoms with Crippen molar-refractivity contribution in [1.29, 1.82) is 0 Å². The molecular formula is C18H18ClFN2O4. The summed E-state index contributed by atoms with van der Waals surface area (Å²) in [5.41, 5.74) is -0.160. The van der Waals surface area contributed by atoms with Crippen LogP contribution in [0.15, 0.2) is 22.7 Å². The van der Waals surface area contributed by atoms with Gasteiger partial charge >= 0.3 is 5.97 Å². The van der Waals surface area contributed by atoms with Crippen LogP contribution in [0.25, 0.3) is 11.3 Å². The fraction of sp³-hybridized carbons (Fsp3) is 0.389. The van der Waals surface area contributed by atoms with E-state index >= 15 is 0 Å². The molecule has 0 aliphatic heterocycles. The third-order valence-electron chi connectivity index (χ3n) is 4.32. The van der Waals surface area contributed by atoms with Crippen LogP contribution in [0.1, 0.15) is 35.9 Å². The summed E-state index contributed by atoms with van der Waals surface area (Å²) in [7, 11) is 0. The number of aromatic nitrogens is 1. The first kappa shape index (κ1) is 18.4. The van der Waals surface area contributed by atoms with Crippen LogP contribution < -0.4 is 5.32 Å². The van der Waals surface area contributed by atoms with E-state index in [2.05, 4.69) is 10.5 Å². The number of esters is 1. The quantitative estimate of drug-likeness (QED) is 0.775. The van der Waals surface area contributed by atoms with Gasteiger partial charge in [0.15, 0.2) is 6.61 Å². The number of carbonyl (C=O) groups excluding carboxylic acids is 2. The second-order valence-electron chi connectivity index (χ2n) is 6.33. The number of halogens is 2. The molecule has 0 radical (unpaired) electrons. The Balaban J connectivity index is 1.74. The normalized spacial score (nSPS) is 14.8. The van der Waals surface area contributed by atoms with Crippen LogP contribution in [0.3, 0.4) is 0 Å². The highest BCUT2D eigenvalue weighted by molar-refractivity contribution is 6.33. The van der Waals surface area contributed by atoms with Gasteiger partial charge in [0.2, 0.25) is 0 Å². The first-order valence-corrected chi connectivity index (χ1v) is 8.63.